The summed E-state index contributed by atoms with van der Waals surface area (Å²) in [6.45, 7) is 9.88. The lowest BCUT2D eigenvalue weighted by Gasteiger charge is -2.22. The zero-order valence-electron chi connectivity index (χ0n) is 16.7. The minimum atomic E-state index is -0.330. The van der Waals surface area contributed by atoms with E-state index in [0.717, 1.165) is 16.7 Å². The van der Waals surface area contributed by atoms with Gasteiger partial charge in [-0.15, -0.1) is 0 Å². The van der Waals surface area contributed by atoms with Crippen molar-refractivity contribution in [2.45, 2.75) is 46.5 Å². The van der Waals surface area contributed by atoms with Crippen LogP contribution in [0.3, 0.4) is 0 Å². The van der Waals surface area contributed by atoms with Crippen molar-refractivity contribution in [3.8, 4) is 5.75 Å². The van der Waals surface area contributed by atoms with Crippen LogP contribution < -0.4 is 4.74 Å². The summed E-state index contributed by atoms with van der Waals surface area (Å²) in [6, 6.07) is 3.99. The lowest BCUT2D eigenvalue weighted by molar-refractivity contribution is -0.132. The maximum Gasteiger partial charge on any atom is 0.308 e. The molecule has 1 amide bonds. The van der Waals surface area contributed by atoms with E-state index < -0.39 is 0 Å². The molecule has 0 atom stereocenters. The maximum absolute atomic E-state index is 12.6. The highest BCUT2D eigenvalue weighted by Gasteiger charge is 2.22. The smallest absolute Gasteiger partial charge is 0.308 e. The average molecular weight is 390 g/mol. The van der Waals surface area contributed by atoms with E-state index in [2.05, 4.69) is 27.7 Å². The number of hydrogen-bond donors (Lipinski definition) is 0. The Morgan fingerprint density at radius 3 is 2.26 bits per heavy atom. The van der Waals surface area contributed by atoms with Crippen LogP contribution in [-0.2, 0) is 14.3 Å². The summed E-state index contributed by atoms with van der Waals surface area (Å²) >= 11 is 1.39. The maximum atomic E-state index is 12.6. The van der Waals surface area contributed by atoms with Crippen molar-refractivity contribution < 1.29 is 19.1 Å². The predicted octanol–water partition coefficient (Wildman–Crippen LogP) is 4.85. The fourth-order valence-corrected chi connectivity index (χ4v) is 3.60. The molecule has 1 aromatic rings. The third-order valence-electron chi connectivity index (χ3n) is 4.13. The third kappa shape index (κ3) is 5.23. The molecular formula is C21H27NO4S. The van der Waals surface area contributed by atoms with Gasteiger partial charge >= 0.3 is 5.97 Å². The van der Waals surface area contributed by atoms with Gasteiger partial charge in [0.1, 0.15) is 12.5 Å². The van der Waals surface area contributed by atoms with Crippen LogP contribution in [0.2, 0.25) is 0 Å². The molecule has 0 radical (unpaired) electrons. The van der Waals surface area contributed by atoms with Crippen LogP contribution in [0.5, 0.6) is 5.75 Å². The number of benzene rings is 1. The van der Waals surface area contributed by atoms with E-state index in [1.807, 2.05) is 23.6 Å². The first kappa shape index (κ1) is 21.3. The standard InChI is InChI=1S/C21H27NO4S/c1-13(2)17-9-16(10-18(14(3)4)20(17)26-15(5)23)11-19-21(24)22(12-25-6)7-8-27-19/h7-11,13-14H,12H2,1-6H3/b19-11-. The minimum absolute atomic E-state index is 0.0920. The molecule has 0 unspecified atom stereocenters. The first-order valence-electron chi connectivity index (χ1n) is 8.95. The van der Waals surface area contributed by atoms with Gasteiger partial charge in [-0.3, -0.25) is 14.5 Å². The Hall–Kier alpha value is -2.05. The number of thioether (sulfide) groups is 1. The van der Waals surface area contributed by atoms with Crippen molar-refractivity contribution in [3.05, 3.63) is 45.3 Å². The summed E-state index contributed by atoms with van der Waals surface area (Å²) in [5, 5.41) is 1.87. The summed E-state index contributed by atoms with van der Waals surface area (Å²) in [5.41, 5.74) is 2.84. The molecular weight excluding hydrogens is 362 g/mol. The van der Waals surface area contributed by atoms with Crippen molar-refractivity contribution in [2.24, 2.45) is 0 Å². The number of carbonyl (C=O) groups excluding carboxylic acids is 2. The second-order valence-electron chi connectivity index (χ2n) is 7.04. The molecule has 0 saturated carbocycles. The van der Waals surface area contributed by atoms with Gasteiger partial charge in [-0.1, -0.05) is 39.5 Å². The van der Waals surface area contributed by atoms with Crippen LogP contribution in [0.15, 0.2) is 28.6 Å². The fourth-order valence-electron chi connectivity index (χ4n) is 2.83. The molecule has 5 nitrogen and oxygen atoms in total. The molecule has 1 aliphatic rings. The van der Waals surface area contributed by atoms with Crippen LogP contribution in [0.25, 0.3) is 6.08 Å². The van der Waals surface area contributed by atoms with Gasteiger partial charge in [-0.25, -0.2) is 0 Å². The average Bonchev–Trinajstić information content (AvgIpc) is 2.58. The molecule has 0 saturated heterocycles. The summed E-state index contributed by atoms with van der Waals surface area (Å²) in [5.74, 6) is 0.566. The zero-order valence-corrected chi connectivity index (χ0v) is 17.6. The second-order valence-corrected chi connectivity index (χ2v) is 7.98. The highest BCUT2D eigenvalue weighted by molar-refractivity contribution is 8.06. The Bertz CT molecular complexity index is 751. The van der Waals surface area contributed by atoms with Crippen molar-refractivity contribution in [1.82, 2.24) is 4.90 Å². The molecule has 6 heteroatoms. The van der Waals surface area contributed by atoms with Gasteiger partial charge in [-0.2, -0.15) is 0 Å². The highest BCUT2D eigenvalue weighted by atomic mass is 32.2. The van der Waals surface area contributed by atoms with Crippen LogP contribution in [0.1, 0.15) is 63.1 Å². The number of esters is 1. The molecule has 2 rings (SSSR count). The van der Waals surface area contributed by atoms with Gasteiger partial charge in [-0.05, 0) is 52.1 Å². The molecule has 1 aliphatic heterocycles. The second kappa shape index (κ2) is 9.24. The normalized spacial score (nSPS) is 15.9. The van der Waals surface area contributed by atoms with Gasteiger partial charge in [0.05, 0.1) is 4.91 Å². The zero-order chi connectivity index (χ0) is 20.1. The lowest BCUT2D eigenvalue weighted by Crippen LogP contribution is -2.29. The molecule has 27 heavy (non-hydrogen) atoms. The van der Waals surface area contributed by atoms with E-state index in [1.54, 1.807) is 13.3 Å². The van der Waals surface area contributed by atoms with E-state index in [4.69, 9.17) is 9.47 Å². The van der Waals surface area contributed by atoms with E-state index >= 15 is 0 Å². The fraction of sp³-hybridized carbons (Fsp3) is 0.429. The van der Waals surface area contributed by atoms with Gasteiger partial charge in [0, 0.05) is 20.2 Å². The quantitative estimate of drug-likeness (QED) is 0.395. The molecule has 0 fully saturated rings. The molecule has 0 spiro atoms. The SMILES string of the molecule is COCN1C=CS/C(=C\c2cc(C(C)C)c(OC(C)=O)c(C(C)C)c2)C1=O. The van der Waals surface area contributed by atoms with Crippen molar-refractivity contribution >= 4 is 29.7 Å². The van der Waals surface area contributed by atoms with Crippen LogP contribution >= 0.6 is 11.8 Å². The molecule has 0 N–H and O–H groups in total. The highest BCUT2D eigenvalue weighted by Crippen LogP contribution is 2.37. The van der Waals surface area contributed by atoms with E-state index in [1.165, 1.54) is 23.6 Å². The third-order valence-corrected chi connectivity index (χ3v) is 4.94. The number of amides is 1. The van der Waals surface area contributed by atoms with Crippen LogP contribution in [-0.4, -0.2) is 30.6 Å². The van der Waals surface area contributed by atoms with Gasteiger partial charge in [0.25, 0.3) is 5.91 Å². The summed E-state index contributed by atoms with van der Waals surface area (Å²) < 4.78 is 10.6. The predicted molar refractivity (Wildman–Crippen MR) is 109 cm³/mol. The molecule has 0 aliphatic carbocycles. The topological polar surface area (TPSA) is 55.8 Å². The number of carbonyl (C=O) groups is 2. The largest absolute Gasteiger partial charge is 0.426 e. The number of ether oxygens (including phenoxy) is 2. The van der Waals surface area contributed by atoms with Crippen LogP contribution in [0, 0.1) is 0 Å². The van der Waals surface area contributed by atoms with Crippen molar-refractivity contribution in [3.63, 3.8) is 0 Å². The van der Waals surface area contributed by atoms with Crippen molar-refractivity contribution in [2.75, 3.05) is 13.8 Å². The molecule has 0 bridgehead atoms. The Balaban J connectivity index is 2.53. The molecule has 1 heterocycles. The monoisotopic (exact) mass is 389 g/mol. The Morgan fingerprint density at radius 2 is 1.78 bits per heavy atom. The minimum Gasteiger partial charge on any atom is -0.426 e. The van der Waals surface area contributed by atoms with E-state index in [9.17, 15) is 9.59 Å². The van der Waals surface area contributed by atoms with Crippen molar-refractivity contribution in [1.29, 1.82) is 0 Å². The Labute approximate surface area is 165 Å². The number of hydrogen-bond acceptors (Lipinski definition) is 5. The molecule has 0 aromatic heterocycles. The summed E-state index contributed by atoms with van der Waals surface area (Å²) in [4.78, 5) is 26.4. The number of methoxy groups -OCH3 is 1. The van der Waals surface area contributed by atoms with Gasteiger partial charge in [0.15, 0.2) is 0 Å². The van der Waals surface area contributed by atoms with E-state index in [0.29, 0.717) is 10.7 Å². The Kier molecular flexibility index (Phi) is 7.27. The Morgan fingerprint density at radius 1 is 1.19 bits per heavy atom. The molecule has 146 valence electrons. The van der Waals surface area contributed by atoms with Gasteiger partial charge < -0.3 is 9.47 Å². The summed E-state index contributed by atoms with van der Waals surface area (Å²) in [6.07, 6.45) is 3.60. The summed E-state index contributed by atoms with van der Waals surface area (Å²) in [7, 11) is 1.56. The van der Waals surface area contributed by atoms with Crippen LogP contribution in [0.4, 0.5) is 0 Å². The number of rotatable bonds is 6. The van der Waals surface area contributed by atoms with E-state index in [-0.39, 0.29) is 30.4 Å². The first-order valence-corrected chi connectivity index (χ1v) is 9.83. The molecule has 1 aromatic carbocycles. The lowest BCUT2D eigenvalue weighted by atomic mass is 9.91. The first-order chi connectivity index (χ1) is 12.7. The number of nitrogens with zero attached hydrogens (tertiary/aromatic N) is 1. The van der Waals surface area contributed by atoms with Gasteiger partial charge in [0.2, 0.25) is 0 Å².